The van der Waals surface area contributed by atoms with Gasteiger partial charge in [-0.25, -0.2) is 18.4 Å². The van der Waals surface area contributed by atoms with Crippen LogP contribution in [0.1, 0.15) is 0 Å². The van der Waals surface area contributed by atoms with E-state index in [4.69, 9.17) is 0 Å². The summed E-state index contributed by atoms with van der Waals surface area (Å²) in [6, 6.07) is 25.6. The Balaban J connectivity index is 1.43. The molecule has 0 saturated carbocycles. The zero-order valence-corrected chi connectivity index (χ0v) is 19.9. The summed E-state index contributed by atoms with van der Waals surface area (Å²) in [7, 11) is -4.21. The van der Waals surface area contributed by atoms with Crippen LogP contribution in [0.5, 0.6) is 0 Å². The maximum absolute atomic E-state index is 13.2. The first-order valence-corrected chi connectivity index (χ1v) is 12.7. The van der Waals surface area contributed by atoms with Crippen LogP contribution >= 0.6 is 0 Å². The standard InChI is InChI=1S/C26H18N6O4S/c33-32(34)17-6-5-7-18(15-17)37(35,36)31-26-25(29-23-10-3-4-11-24(23)30-26)27-16-12-13-22-20(14-16)19-8-1-2-9-21(19)28-22/h1-15,28H,(H,27,29)(H,30,31). The SMILES string of the molecule is O=[N+]([O-])c1cccc(S(=O)(=O)Nc2nc3ccccc3nc2Nc2ccc3[nH]c4ccccc4c3c2)c1. The van der Waals surface area contributed by atoms with E-state index in [9.17, 15) is 18.5 Å². The molecule has 0 spiro atoms. The van der Waals surface area contributed by atoms with E-state index in [-0.39, 0.29) is 22.2 Å². The van der Waals surface area contributed by atoms with Crippen molar-refractivity contribution >= 4 is 65.9 Å². The molecule has 10 nitrogen and oxygen atoms in total. The third-order valence-electron chi connectivity index (χ3n) is 5.91. The highest BCUT2D eigenvalue weighted by atomic mass is 32.2. The van der Waals surface area contributed by atoms with Gasteiger partial charge in [0.25, 0.3) is 15.7 Å². The Bertz CT molecular complexity index is 1950. The Kier molecular flexibility index (Phi) is 5.20. The quantitative estimate of drug-likeness (QED) is 0.192. The number of nitro benzene ring substituents is 1. The number of sulfonamides is 1. The summed E-state index contributed by atoms with van der Waals surface area (Å²) < 4.78 is 28.8. The van der Waals surface area contributed by atoms with Gasteiger partial charge in [-0.05, 0) is 42.5 Å². The van der Waals surface area contributed by atoms with Gasteiger partial charge in [0.15, 0.2) is 11.6 Å². The number of nitro groups is 1. The second-order valence-electron chi connectivity index (χ2n) is 8.33. The van der Waals surface area contributed by atoms with Crippen LogP contribution < -0.4 is 10.0 Å². The minimum atomic E-state index is -4.21. The highest BCUT2D eigenvalue weighted by Gasteiger charge is 2.21. The second kappa shape index (κ2) is 8.57. The van der Waals surface area contributed by atoms with Crippen LogP contribution in [0, 0.1) is 10.1 Å². The largest absolute Gasteiger partial charge is 0.355 e. The van der Waals surface area contributed by atoms with E-state index in [2.05, 4.69) is 25.0 Å². The zero-order chi connectivity index (χ0) is 25.6. The van der Waals surface area contributed by atoms with Crippen molar-refractivity contribution in [3.8, 4) is 0 Å². The van der Waals surface area contributed by atoms with Gasteiger partial charge < -0.3 is 10.3 Å². The third-order valence-corrected chi connectivity index (χ3v) is 7.25. The smallest absolute Gasteiger partial charge is 0.270 e. The number of nitrogens with zero attached hydrogens (tertiary/aromatic N) is 3. The van der Waals surface area contributed by atoms with Crippen LogP contribution in [0.25, 0.3) is 32.8 Å². The fraction of sp³-hybridized carbons (Fsp3) is 0. The Labute approximate surface area is 210 Å². The van der Waals surface area contributed by atoms with Crippen molar-refractivity contribution in [3.63, 3.8) is 0 Å². The molecule has 0 atom stereocenters. The maximum atomic E-state index is 13.2. The summed E-state index contributed by atoms with van der Waals surface area (Å²) in [4.78, 5) is 22.7. The van der Waals surface area contributed by atoms with Gasteiger partial charge in [-0.15, -0.1) is 0 Å². The number of hydrogen-bond donors (Lipinski definition) is 3. The van der Waals surface area contributed by atoms with Crippen molar-refractivity contribution in [1.82, 2.24) is 15.0 Å². The molecule has 0 bridgehead atoms. The second-order valence-corrected chi connectivity index (χ2v) is 10.0. The van der Waals surface area contributed by atoms with Crippen molar-refractivity contribution in [3.05, 3.63) is 101 Å². The molecular formula is C26H18N6O4S. The Morgan fingerprint density at radius 3 is 2.24 bits per heavy atom. The first kappa shape index (κ1) is 22.4. The number of aromatic nitrogens is 3. The first-order chi connectivity index (χ1) is 17.9. The van der Waals surface area contributed by atoms with Crippen LogP contribution in [-0.2, 0) is 10.0 Å². The topological polar surface area (TPSA) is 143 Å². The molecule has 0 saturated heterocycles. The minimum Gasteiger partial charge on any atom is -0.355 e. The molecule has 2 aromatic heterocycles. The lowest BCUT2D eigenvalue weighted by atomic mass is 10.1. The van der Waals surface area contributed by atoms with E-state index in [0.717, 1.165) is 27.9 Å². The molecule has 2 heterocycles. The molecule has 37 heavy (non-hydrogen) atoms. The molecule has 6 aromatic rings. The van der Waals surface area contributed by atoms with Crippen molar-refractivity contribution in [2.45, 2.75) is 4.90 Å². The first-order valence-electron chi connectivity index (χ1n) is 11.2. The molecule has 3 N–H and O–H groups in total. The molecule has 6 rings (SSSR count). The maximum Gasteiger partial charge on any atom is 0.270 e. The van der Waals surface area contributed by atoms with Gasteiger partial charge >= 0.3 is 0 Å². The van der Waals surface area contributed by atoms with E-state index >= 15 is 0 Å². The molecule has 4 aromatic carbocycles. The number of nitrogens with one attached hydrogen (secondary N) is 3. The molecule has 0 aliphatic carbocycles. The number of fused-ring (bicyclic) bond motifs is 4. The molecular weight excluding hydrogens is 492 g/mol. The lowest BCUT2D eigenvalue weighted by Gasteiger charge is -2.14. The number of aromatic amines is 1. The summed E-state index contributed by atoms with van der Waals surface area (Å²) in [6.07, 6.45) is 0. The lowest BCUT2D eigenvalue weighted by Crippen LogP contribution is -2.16. The van der Waals surface area contributed by atoms with Gasteiger partial charge in [-0.3, -0.25) is 14.8 Å². The molecule has 182 valence electrons. The summed E-state index contributed by atoms with van der Waals surface area (Å²) in [5, 5.41) is 16.4. The summed E-state index contributed by atoms with van der Waals surface area (Å²) >= 11 is 0. The molecule has 0 fully saturated rings. The highest BCUT2D eigenvalue weighted by Crippen LogP contribution is 2.31. The van der Waals surface area contributed by atoms with E-state index < -0.39 is 14.9 Å². The normalized spacial score (nSPS) is 11.7. The molecule has 0 aliphatic heterocycles. The van der Waals surface area contributed by atoms with E-state index in [1.807, 2.05) is 48.5 Å². The fourth-order valence-electron chi connectivity index (χ4n) is 4.17. The molecule has 11 heteroatoms. The van der Waals surface area contributed by atoms with Gasteiger partial charge in [0.05, 0.1) is 20.9 Å². The predicted molar refractivity (Wildman–Crippen MR) is 143 cm³/mol. The van der Waals surface area contributed by atoms with E-state index in [0.29, 0.717) is 16.7 Å². The van der Waals surface area contributed by atoms with Crippen LogP contribution in [-0.4, -0.2) is 28.3 Å². The Morgan fingerprint density at radius 1 is 0.757 bits per heavy atom. The number of para-hydroxylation sites is 3. The number of rotatable bonds is 6. The van der Waals surface area contributed by atoms with Crippen LogP contribution in [0.4, 0.5) is 23.0 Å². The lowest BCUT2D eigenvalue weighted by molar-refractivity contribution is -0.385. The van der Waals surface area contributed by atoms with Crippen LogP contribution in [0.2, 0.25) is 0 Å². The Morgan fingerprint density at radius 2 is 1.46 bits per heavy atom. The van der Waals surface area contributed by atoms with Crippen LogP contribution in [0.3, 0.4) is 0 Å². The number of benzene rings is 4. The van der Waals surface area contributed by atoms with Gasteiger partial charge in [0.2, 0.25) is 0 Å². The molecule has 0 radical (unpaired) electrons. The Hall–Kier alpha value is -5.03. The number of H-pyrrole nitrogens is 1. The summed E-state index contributed by atoms with van der Waals surface area (Å²) in [5.41, 5.74) is 3.36. The third kappa shape index (κ3) is 4.17. The van der Waals surface area contributed by atoms with Gasteiger partial charge in [-0.2, -0.15) is 0 Å². The zero-order valence-electron chi connectivity index (χ0n) is 19.0. The average molecular weight is 511 g/mol. The van der Waals surface area contributed by atoms with Crippen molar-refractivity contribution in [1.29, 1.82) is 0 Å². The fourth-order valence-corrected chi connectivity index (χ4v) is 5.22. The van der Waals surface area contributed by atoms with Crippen molar-refractivity contribution in [2.75, 3.05) is 10.0 Å². The molecule has 0 unspecified atom stereocenters. The van der Waals surface area contributed by atoms with Crippen molar-refractivity contribution < 1.29 is 13.3 Å². The number of hydrogen-bond acceptors (Lipinski definition) is 7. The predicted octanol–water partition coefficient (Wildman–Crippen LogP) is 5.72. The van der Waals surface area contributed by atoms with E-state index in [1.54, 1.807) is 18.2 Å². The number of non-ortho nitro benzene ring substituents is 1. The van der Waals surface area contributed by atoms with Gasteiger partial charge in [0.1, 0.15) is 0 Å². The summed E-state index contributed by atoms with van der Waals surface area (Å²) in [5.74, 6) is 0.149. The monoisotopic (exact) mass is 510 g/mol. The minimum absolute atomic E-state index is 0.0378. The highest BCUT2D eigenvalue weighted by molar-refractivity contribution is 7.92. The van der Waals surface area contributed by atoms with E-state index in [1.165, 1.54) is 18.2 Å². The average Bonchev–Trinajstić information content (AvgIpc) is 3.27. The number of anilines is 3. The van der Waals surface area contributed by atoms with Crippen LogP contribution in [0.15, 0.2) is 95.9 Å². The van der Waals surface area contributed by atoms with Crippen molar-refractivity contribution in [2.24, 2.45) is 0 Å². The van der Waals surface area contributed by atoms with Gasteiger partial charge in [-0.1, -0.05) is 36.4 Å². The molecule has 0 amide bonds. The van der Waals surface area contributed by atoms with Gasteiger partial charge in [0, 0.05) is 39.6 Å². The molecule has 0 aliphatic rings. The summed E-state index contributed by atoms with van der Waals surface area (Å²) in [6.45, 7) is 0.